The second-order valence-electron chi connectivity index (χ2n) is 4.02. The smallest absolute Gasteiger partial charge is 0.0399 e. The monoisotopic (exact) mass is 270 g/mol. The molecule has 0 fully saturated rings. The minimum atomic E-state index is 0.502. The minimum Gasteiger partial charge on any atom is -0.372 e. The van der Waals surface area contributed by atoms with Crippen molar-refractivity contribution in [2.75, 3.05) is 18.5 Å². The van der Waals surface area contributed by atoms with Gasteiger partial charge in [0, 0.05) is 23.2 Å². The number of hydrogen-bond donors (Lipinski definition) is 1. The van der Waals surface area contributed by atoms with Gasteiger partial charge in [-0.1, -0.05) is 15.9 Å². The Morgan fingerprint density at radius 1 is 1.40 bits per heavy atom. The van der Waals surface area contributed by atoms with Gasteiger partial charge in [0.1, 0.15) is 0 Å². The molecule has 1 aromatic carbocycles. The molecule has 0 unspecified atom stereocenters. The number of hydrogen-bond acceptors (Lipinski definition) is 2. The second-order valence-corrected chi connectivity index (χ2v) is 4.93. The van der Waals surface area contributed by atoms with Crippen molar-refractivity contribution in [2.24, 2.45) is 5.73 Å². The Labute approximate surface area is 101 Å². The average molecular weight is 271 g/mol. The molecule has 0 amide bonds. The van der Waals surface area contributed by atoms with Gasteiger partial charge in [0.2, 0.25) is 0 Å². The molecule has 0 bridgehead atoms. The molecular formula is C12H19BrN2. The number of halogens is 1. The van der Waals surface area contributed by atoms with Crippen molar-refractivity contribution in [2.45, 2.75) is 26.3 Å². The molecule has 0 saturated heterocycles. The Morgan fingerprint density at radius 2 is 2.07 bits per heavy atom. The highest BCUT2D eigenvalue weighted by Gasteiger charge is 2.09. The fourth-order valence-corrected chi connectivity index (χ4v) is 1.94. The lowest BCUT2D eigenvalue weighted by atomic mass is 10.1. The van der Waals surface area contributed by atoms with Crippen molar-refractivity contribution in [3.63, 3.8) is 0 Å². The molecule has 3 heteroatoms. The van der Waals surface area contributed by atoms with Gasteiger partial charge in [-0.05, 0) is 50.6 Å². The number of anilines is 1. The zero-order valence-corrected chi connectivity index (χ0v) is 11.2. The summed E-state index contributed by atoms with van der Waals surface area (Å²) in [4.78, 5) is 2.28. The zero-order valence-electron chi connectivity index (χ0n) is 9.63. The van der Waals surface area contributed by atoms with Crippen LogP contribution in [0, 0.1) is 0 Å². The molecule has 0 saturated carbocycles. The fraction of sp³-hybridized carbons (Fsp3) is 0.500. The van der Waals surface area contributed by atoms with E-state index in [0.717, 1.165) is 10.9 Å². The highest BCUT2D eigenvalue weighted by molar-refractivity contribution is 9.10. The highest BCUT2D eigenvalue weighted by atomic mass is 79.9. The van der Waals surface area contributed by atoms with Crippen LogP contribution in [0.3, 0.4) is 0 Å². The maximum atomic E-state index is 5.62. The van der Waals surface area contributed by atoms with Crippen LogP contribution >= 0.6 is 15.9 Å². The number of nitrogens with zero attached hydrogens (tertiary/aromatic N) is 1. The normalized spacial score (nSPS) is 10.8. The topological polar surface area (TPSA) is 29.3 Å². The summed E-state index contributed by atoms with van der Waals surface area (Å²) in [5.41, 5.74) is 8.21. The van der Waals surface area contributed by atoms with E-state index < -0.39 is 0 Å². The summed E-state index contributed by atoms with van der Waals surface area (Å²) in [6.07, 6.45) is 0.922. The summed E-state index contributed by atoms with van der Waals surface area (Å²) >= 11 is 3.49. The maximum absolute atomic E-state index is 5.62. The van der Waals surface area contributed by atoms with E-state index >= 15 is 0 Å². The average Bonchev–Trinajstić information content (AvgIpc) is 2.17. The van der Waals surface area contributed by atoms with E-state index in [1.54, 1.807) is 0 Å². The molecule has 2 N–H and O–H groups in total. The maximum Gasteiger partial charge on any atom is 0.0399 e. The first-order chi connectivity index (χ1) is 7.06. The molecule has 1 rings (SSSR count). The van der Waals surface area contributed by atoms with Gasteiger partial charge < -0.3 is 10.6 Å². The van der Waals surface area contributed by atoms with Gasteiger partial charge in [-0.3, -0.25) is 0 Å². The summed E-state index contributed by atoms with van der Waals surface area (Å²) in [7, 11) is 2.12. The van der Waals surface area contributed by atoms with Crippen LogP contribution in [0.2, 0.25) is 0 Å². The molecular weight excluding hydrogens is 252 g/mol. The molecule has 0 atom stereocenters. The molecule has 0 aliphatic rings. The highest BCUT2D eigenvalue weighted by Crippen LogP contribution is 2.25. The first-order valence-electron chi connectivity index (χ1n) is 5.27. The predicted octanol–water partition coefficient (Wildman–Crippen LogP) is 2.79. The number of benzene rings is 1. The van der Waals surface area contributed by atoms with Gasteiger partial charge in [-0.25, -0.2) is 0 Å². The fourth-order valence-electron chi connectivity index (χ4n) is 1.53. The standard InChI is InChI=1S/C12H19BrN2/c1-9(2)15(3)12-5-4-11(13)8-10(12)6-7-14/h4-5,8-9H,6-7,14H2,1-3H3. The van der Waals surface area contributed by atoms with Crippen LogP contribution in [0.25, 0.3) is 0 Å². The van der Waals surface area contributed by atoms with Crippen molar-refractivity contribution < 1.29 is 0 Å². The van der Waals surface area contributed by atoms with Gasteiger partial charge in [0.25, 0.3) is 0 Å². The van der Waals surface area contributed by atoms with Crippen molar-refractivity contribution in [3.05, 3.63) is 28.2 Å². The number of rotatable bonds is 4. The van der Waals surface area contributed by atoms with Crippen LogP contribution in [0.15, 0.2) is 22.7 Å². The van der Waals surface area contributed by atoms with Crippen LogP contribution in [0.5, 0.6) is 0 Å². The summed E-state index contributed by atoms with van der Waals surface area (Å²) in [5.74, 6) is 0. The number of nitrogens with two attached hydrogens (primary N) is 1. The van der Waals surface area contributed by atoms with Gasteiger partial charge in [-0.15, -0.1) is 0 Å². The Morgan fingerprint density at radius 3 is 2.60 bits per heavy atom. The molecule has 15 heavy (non-hydrogen) atoms. The lowest BCUT2D eigenvalue weighted by Crippen LogP contribution is -2.27. The van der Waals surface area contributed by atoms with E-state index in [4.69, 9.17) is 5.73 Å². The van der Waals surface area contributed by atoms with Crippen LogP contribution in [0.1, 0.15) is 19.4 Å². The summed E-state index contributed by atoms with van der Waals surface area (Å²) in [6.45, 7) is 5.07. The Balaban J connectivity index is 3.04. The van der Waals surface area contributed by atoms with Gasteiger partial charge in [-0.2, -0.15) is 0 Å². The third-order valence-corrected chi connectivity index (χ3v) is 3.10. The Hall–Kier alpha value is -0.540. The molecule has 0 radical (unpaired) electrons. The summed E-state index contributed by atoms with van der Waals surface area (Å²) in [6, 6.07) is 6.88. The van der Waals surface area contributed by atoms with Crippen molar-refractivity contribution in [1.29, 1.82) is 0 Å². The van der Waals surface area contributed by atoms with Crippen LogP contribution in [-0.4, -0.2) is 19.6 Å². The molecule has 0 heterocycles. The SMILES string of the molecule is CC(C)N(C)c1ccc(Br)cc1CCN. The van der Waals surface area contributed by atoms with Crippen LogP contribution in [0.4, 0.5) is 5.69 Å². The van der Waals surface area contributed by atoms with Crippen molar-refractivity contribution >= 4 is 21.6 Å². The minimum absolute atomic E-state index is 0.502. The lowest BCUT2D eigenvalue weighted by Gasteiger charge is -2.26. The second kappa shape index (κ2) is 5.52. The molecule has 1 aromatic rings. The quantitative estimate of drug-likeness (QED) is 0.912. The zero-order chi connectivity index (χ0) is 11.4. The van der Waals surface area contributed by atoms with Crippen LogP contribution < -0.4 is 10.6 Å². The van der Waals surface area contributed by atoms with E-state index in [1.807, 2.05) is 0 Å². The molecule has 0 aromatic heterocycles. The molecule has 2 nitrogen and oxygen atoms in total. The molecule has 0 spiro atoms. The molecule has 84 valence electrons. The molecule has 0 aliphatic heterocycles. The Bertz CT molecular complexity index is 323. The molecule has 0 aliphatic carbocycles. The third-order valence-electron chi connectivity index (χ3n) is 2.61. The van der Waals surface area contributed by atoms with Gasteiger partial charge in [0.05, 0.1) is 0 Å². The van der Waals surface area contributed by atoms with E-state index in [0.29, 0.717) is 12.6 Å². The Kier molecular flexibility index (Phi) is 4.61. The third kappa shape index (κ3) is 3.21. The van der Waals surface area contributed by atoms with Crippen LogP contribution in [-0.2, 0) is 6.42 Å². The predicted molar refractivity (Wildman–Crippen MR) is 70.4 cm³/mol. The van der Waals surface area contributed by atoms with Gasteiger partial charge >= 0.3 is 0 Å². The lowest BCUT2D eigenvalue weighted by molar-refractivity contribution is 0.748. The van der Waals surface area contributed by atoms with Crippen molar-refractivity contribution in [3.8, 4) is 0 Å². The van der Waals surface area contributed by atoms with E-state index in [-0.39, 0.29) is 0 Å². The van der Waals surface area contributed by atoms with E-state index in [9.17, 15) is 0 Å². The summed E-state index contributed by atoms with van der Waals surface area (Å²) < 4.78 is 1.12. The first kappa shape index (κ1) is 12.5. The van der Waals surface area contributed by atoms with Gasteiger partial charge in [0.15, 0.2) is 0 Å². The largest absolute Gasteiger partial charge is 0.372 e. The first-order valence-corrected chi connectivity index (χ1v) is 6.07. The summed E-state index contributed by atoms with van der Waals surface area (Å²) in [5, 5.41) is 0. The van der Waals surface area contributed by atoms with Crippen molar-refractivity contribution in [1.82, 2.24) is 0 Å². The van der Waals surface area contributed by atoms with E-state index in [1.165, 1.54) is 11.3 Å². The van der Waals surface area contributed by atoms with E-state index in [2.05, 4.69) is 59.9 Å².